The molecule has 17 nitrogen and oxygen atoms in total. The van der Waals surface area contributed by atoms with Gasteiger partial charge in [-0.25, -0.2) is 9.13 Å². The molecule has 0 saturated carbocycles. The summed E-state index contributed by atoms with van der Waals surface area (Å²) in [6.07, 6.45) is 63.9. The van der Waals surface area contributed by atoms with Gasteiger partial charge >= 0.3 is 39.5 Å². The molecule has 0 fully saturated rings. The van der Waals surface area contributed by atoms with Crippen LogP contribution >= 0.6 is 15.6 Å². The highest BCUT2D eigenvalue weighted by atomic mass is 31.2. The molecule has 0 rings (SSSR count). The van der Waals surface area contributed by atoms with Gasteiger partial charge < -0.3 is 33.8 Å². The second-order valence-electron chi connectivity index (χ2n) is 30.2. The van der Waals surface area contributed by atoms with Crippen molar-refractivity contribution in [2.45, 2.75) is 452 Å². The predicted molar refractivity (Wildman–Crippen MR) is 414 cm³/mol. The second kappa shape index (κ2) is 73.6. The first-order valence-electron chi connectivity index (χ1n) is 42.5. The summed E-state index contributed by atoms with van der Waals surface area (Å²) >= 11 is 0. The number of rotatable bonds is 81. The minimum absolute atomic E-state index is 0.105. The van der Waals surface area contributed by atoms with E-state index < -0.39 is 97.5 Å². The van der Waals surface area contributed by atoms with Crippen LogP contribution in [-0.2, 0) is 65.4 Å². The number of unbranched alkanes of at least 4 members (excludes halogenated alkanes) is 50. The standard InChI is InChI=1S/C82H160O17P2/c1-7-10-12-14-16-18-20-21-22-23-27-30-33-36-40-47-53-59-65-80(85)93-70-77(98-81(86)66-60-54-48-41-37-34-31-28-25-24-26-29-32-35-38-44-50-56-62-74(4)5)72-96-100(88,89)94-68-76(83)69-95-101(90,91)97-73-78(71-92-79(84)64-58-52-46-39-19-17-15-13-11-8-2)99-82(87)67-61-55-49-43-42-45-51-57-63-75(6)9-3/h74-78,83H,7-73H2,1-6H3,(H,88,89)(H,90,91)/t75?,76-,77-,78-/m1/s1. The van der Waals surface area contributed by atoms with Crippen LogP contribution in [0.25, 0.3) is 0 Å². The maximum Gasteiger partial charge on any atom is 0.472 e. The molecule has 0 bridgehead atoms. The van der Waals surface area contributed by atoms with E-state index in [0.717, 1.165) is 102 Å². The van der Waals surface area contributed by atoms with Gasteiger partial charge in [0.05, 0.1) is 26.4 Å². The van der Waals surface area contributed by atoms with Crippen molar-refractivity contribution in [1.82, 2.24) is 0 Å². The molecular formula is C82H160O17P2. The van der Waals surface area contributed by atoms with E-state index in [1.54, 1.807) is 0 Å². The van der Waals surface area contributed by atoms with Crippen molar-refractivity contribution in [3.63, 3.8) is 0 Å². The highest BCUT2D eigenvalue weighted by molar-refractivity contribution is 7.47. The average molecular weight is 1480 g/mol. The molecule has 0 saturated heterocycles. The molecule has 0 aromatic rings. The summed E-state index contributed by atoms with van der Waals surface area (Å²) in [4.78, 5) is 73.0. The van der Waals surface area contributed by atoms with Gasteiger partial charge in [-0.15, -0.1) is 0 Å². The Balaban J connectivity index is 5.21. The minimum Gasteiger partial charge on any atom is -0.462 e. The zero-order chi connectivity index (χ0) is 74.2. The number of aliphatic hydroxyl groups is 1. The Morgan fingerprint density at radius 1 is 0.287 bits per heavy atom. The van der Waals surface area contributed by atoms with E-state index in [9.17, 15) is 43.2 Å². The van der Waals surface area contributed by atoms with E-state index in [1.807, 2.05) is 0 Å². The van der Waals surface area contributed by atoms with Crippen LogP contribution < -0.4 is 0 Å². The predicted octanol–water partition coefficient (Wildman–Crippen LogP) is 24.7. The van der Waals surface area contributed by atoms with Crippen molar-refractivity contribution in [3.8, 4) is 0 Å². The largest absolute Gasteiger partial charge is 0.472 e. The summed E-state index contributed by atoms with van der Waals surface area (Å²) in [5.41, 5.74) is 0. The van der Waals surface area contributed by atoms with E-state index in [1.165, 1.54) is 250 Å². The number of carbonyl (C=O) groups excluding carboxylic acids is 4. The van der Waals surface area contributed by atoms with E-state index in [-0.39, 0.29) is 25.7 Å². The molecule has 6 atom stereocenters. The molecule has 0 aromatic heterocycles. The Bertz CT molecular complexity index is 1940. The molecule has 0 spiro atoms. The van der Waals surface area contributed by atoms with Crippen LogP contribution in [-0.4, -0.2) is 96.7 Å². The topological polar surface area (TPSA) is 237 Å². The number of phosphoric acid groups is 2. The molecule has 0 aliphatic carbocycles. The van der Waals surface area contributed by atoms with Crippen LogP contribution in [0.15, 0.2) is 0 Å². The quantitative estimate of drug-likeness (QED) is 0.0222. The van der Waals surface area contributed by atoms with Gasteiger partial charge in [0.15, 0.2) is 12.2 Å². The molecule has 0 amide bonds. The molecule has 101 heavy (non-hydrogen) atoms. The fourth-order valence-electron chi connectivity index (χ4n) is 12.7. The van der Waals surface area contributed by atoms with Crippen molar-refractivity contribution >= 4 is 39.5 Å². The monoisotopic (exact) mass is 1480 g/mol. The third-order valence-electron chi connectivity index (χ3n) is 19.6. The lowest BCUT2D eigenvalue weighted by atomic mass is 9.99. The Morgan fingerprint density at radius 2 is 0.505 bits per heavy atom. The maximum atomic E-state index is 13.1. The summed E-state index contributed by atoms with van der Waals surface area (Å²) in [5, 5.41) is 10.6. The molecule has 0 radical (unpaired) electrons. The van der Waals surface area contributed by atoms with Gasteiger partial charge in [-0.1, -0.05) is 382 Å². The van der Waals surface area contributed by atoms with Gasteiger partial charge in [-0.05, 0) is 37.5 Å². The Morgan fingerprint density at radius 3 is 0.752 bits per heavy atom. The zero-order valence-corrected chi connectivity index (χ0v) is 68.0. The van der Waals surface area contributed by atoms with Gasteiger partial charge in [0, 0.05) is 25.7 Å². The molecule has 600 valence electrons. The number of aliphatic hydroxyl groups excluding tert-OH is 1. The summed E-state index contributed by atoms with van der Waals surface area (Å²) in [5.74, 6) is -0.519. The van der Waals surface area contributed by atoms with E-state index in [0.29, 0.717) is 25.7 Å². The molecule has 19 heteroatoms. The Kier molecular flexibility index (Phi) is 72.2. The van der Waals surface area contributed by atoms with Crippen molar-refractivity contribution in [3.05, 3.63) is 0 Å². The fourth-order valence-corrected chi connectivity index (χ4v) is 14.3. The third kappa shape index (κ3) is 74.7. The Hall–Kier alpha value is -1.94. The van der Waals surface area contributed by atoms with Gasteiger partial charge in [0.2, 0.25) is 0 Å². The number of ether oxygens (including phenoxy) is 4. The van der Waals surface area contributed by atoms with Crippen molar-refractivity contribution in [2.75, 3.05) is 39.6 Å². The van der Waals surface area contributed by atoms with Gasteiger partial charge in [0.1, 0.15) is 19.3 Å². The molecule has 3 unspecified atom stereocenters. The lowest BCUT2D eigenvalue weighted by Gasteiger charge is -2.21. The molecule has 0 aliphatic heterocycles. The summed E-state index contributed by atoms with van der Waals surface area (Å²) in [7, 11) is -9.92. The second-order valence-corrected chi connectivity index (χ2v) is 33.1. The first kappa shape index (κ1) is 99.1. The smallest absolute Gasteiger partial charge is 0.462 e. The third-order valence-corrected chi connectivity index (χ3v) is 21.5. The fraction of sp³-hybridized carbons (Fsp3) is 0.951. The van der Waals surface area contributed by atoms with E-state index >= 15 is 0 Å². The van der Waals surface area contributed by atoms with Crippen LogP contribution in [0.4, 0.5) is 0 Å². The minimum atomic E-state index is -4.96. The lowest BCUT2D eigenvalue weighted by molar-refractivity contribution is -0.161. The average Bonchev–Trinajstić information content (AvgIpc) is 0.938. The van der Waals surface area contributed by atoms with Crippen molar-refractivity contribution in [2.24, 2.45) is 11.8 Å². The zero-order valence-electron chi connectivity index (χ0n) is 66.2. The number of hydrogen-bond donors (Lipinski definition) is 3. The van der Waals surface area contributed by atoms with Crippen LogP contribution in [0.5, 0.6) is 0 Å². The van der Waals surface area contributed by atoms with Gasteiger partial charge in [0.25, 0.3) is 0 Å². The molecule has 0 heterocycles. The van der Waals surface area contributed by atoms with Crippen LogP contribution in [0.2, 0.25) is 0 Å². The maximum absolute atomic E-state index is 13.1. The first-order valence-corrected chi connectivity index (χ1v) is 45.5. The molecule has 0 aliphatic rings. The summed E-state index contributed by atoms with van der Waals surface area (Å²) in [6, 6.07) is 0. The number of phosphoric ester groups is 2. The number of esters is 4. The number of hydrogen-bond acceptors (Lipinski definition) is 15. The summed E-state index contributed by atoms with van der Waals surface area (Å²) < 4.78 is 68.7. The molecular weight excluding hydrogens is 1320 g/mol. The van der Waals surface area contributed by atoms with E-state index in [4.69, 9.17) is 37.0 Å². The Labute approximate surface area is 619 Å². The highest BCUT2D eigenvalue weighted by Gasteiger charge is 2.30. The number of carbonyl (C=O) groups is 4. The highest BCUT2D eigenvalue weighted by Crippen LogP contribution is 2.45. The first-order chi connectivity index (χ1) is 48.9. The van der Waals surface area contributed by atoms with Crippen LogP contribution in [0.1, 0.15) is 433 Å². The van der Waals surface area contributed by atoms with Crippen LogP contribution in [0, 0.1) is 11.8 Å². The van der Waals surface area contributed by atoms with E-state index in [2.05, 4.69) is 41.5 Å². The van der Waals surface area contributed by atoms with Crippen LogP contribution in [0.3, 0.4) is 0 Å². The van der Waals surface area contributed by atoms with Gasteiger partial charge in [-0.3, -0.25) is 37.3 Å². The van der Waals surface area contributed by atoms with Crippen molar-refractivity contribution < 1.29 is 80.2 Å². The van der Waals surface area contributed by atoms with Gasteiger partial charge in [-0.2, -0.15) is 0 Å². The SMILES string of the molecule is CCCCCCCCCCCCCCCCCCCCC(=O)OC[C@H](COP(=O)(O)OC[C@@H](O)COP(=O)(O)OC[C@@H](COC(=O)CCCCCCCCCCCC)OC(=O)CCCCCCCCCCC(C)CC)OC(=O)CCCCCCCCCCCCCCCCCCCCC(C)C. The van der Waals surface area contributed by atoms with Crippen molar-refractivity contribution in [1.29, 1.82) is 0 Å². The summed E-state index contributed by atoms with van der Waals surface area (Å²) in [6.45, 7) is 9.66. The lowest BCUT2D eigenvalue weighted by Crippen LogP contribution is -2.30. The normalized spacial score (nSPS) is 14.2. The molecule has 3 N–H and O–H groups in total. The molecule has 0 aromatic carbocycles.